The number of methoxy groups -OCH3 is 1. The standard InChI is InChI=1S/C14H19N3O2S/c1-10-14(11(2)17(3)16-10)19-12-7-13(9-15-8-12)20-6-5-18-4/h7-9H,5-6H2,1-4H3. The molecule has 0 aromatic carbocycles. The van der Waals surface area contributed by atoms with Gasteiger partial charge in [-0.05, 0) is 19.9 Å². The molecule has 2 aromatic rings. The predicted octanol–water partition coefficient (Wildman–Crippen LogP) is 2.96. The number of rotatable bonds is 6. The van der Waals surface area contributed by atoms with E-state index in [0.717, 1.165) is 40.1 Å². The molecule has 0 unspecified atom stereocenters. The van der Waals surface area contributed by atoms with Gasteiger partial charge in [-0.25, -0.2) is 0 Å². The van der Waals surface area contributed by atoms with Gasteiger partial charge in [0, 0.05) is 31.0 Å². The van der Waals surface area contributed by atoms with Gasteiger partial charge >= 0.3 is 0 Å². The molecule has 0 fully saturated rings. The molecule has 5 nitrogen and oxygen atoms in total. The molecule has 0 N–H and O–H groups in total. The van der Waals surface area contributed by atoms with Crippen LogP contribution in [0.25, 0.3) is 0 Å². The molecule has 6 heteroatoms. The number of pyridine rings is 1. The molecular weight excluding hydrogens is 274 g/mol. The Kier molecular flexibility index (Phi) is 5.03. The number of hydrogen-bond donors (Lipinski definition) is 0. The van der Waals surface area contributed by atoms with Crippen LogP contribution in [0.3, 0.4) is 0 Å². The summed E-state index contributed by atoms with van der Waals surface area (Å²) in [6, 6.07) is 1.99. The van der Waals surface area contributed by atoms with Crippen LogP contribution in [0.5, 0.6) is 11.5 Å². The molecule has 108 valence electrons. The molecule has 2 aromatic heterocycles. The molecule has 0 atom stereocenters. The van der Waals surface area contributed by atoms with Gasteiger partial charge in [-0.1, -0.05) is 0 Å². The summed E-state index contributed by atoms with van der Waals surface area (Å²) in [5, 5.41) is 4.34. The molecule has 20 heavy (non-hydrogen) atoms. The quantitative estimate of drug-likeness (QED) is 0.605. The number of aromatic nitrogens is 3. The number of nitrogens with zero attached hydrogens (tertiary/aromatic N) is 3. The maximum Gasteiger partial charge on any atom is 0.171 e. The first kappa shape index (κ1) is 14.9. The maximum absolute atomic E-state index is 5.92. The molecule has 0 amide bonds. The van der Waals surface area contributed by atoms with E-state index in [1.165, 1.54) is 0 Å². The minimum atomic E-state index is 0.719. The van der Waals surface area contributed by atoms with Crippen LogP contribution < -0.4 is 4.74 Å². The summed E-state index contributed by atoms with van der Waals surface area (Å²) >= 11 is 1.69. The van der Waals surface area contributed by atoms with Gasteiger partial charge in [0.25, 0.3) is 0 Å². The van der Waals surface area contributed by atoms with Crippen molar-refractivity contribution >= 4 is 11.8 Å². The third kappa shape index (κ3) is 3.52. The van der Waals surface area contributed by atoms with Gasteiger partial charge in [0.2, 0.25) is 0 Å². The highest BCUT2D eigenvalue weighted by atomic mass is 32.2. The summed E-state index contributed by atoms with van der Waals surface area (Å²) in [5.74, 6) is 2.42. The fourth-order valence-electron chi connectivity index (χ4n) is 1.80. The minimum absolute atomic E-state index is 0.719. The highest BCUT2D eigenvalue weighted by Gasteiger charge is 2.12. The molecule has 2 rings (SSSR count). The Morgan fingerprint density at radius 2 is 2.10 bits per heavy atom. The zero-order valence-electron chi connectivity index (χ0n) is 12.2. The molecule has 0 spiro atoms. The van der Waals surface area contributed by atoms with Crippen LogP contribution in [0.15, 0.2) is 23.4 Å². The molecule has 0 aliphatic heterocycles. The topological polar surface area (TPSA) is 49.2 Å². The van der Waals surface area contributed by atoms with E-state index in [1.54, 1.807) is 25.1 Å². The highest BCUT2D eigenvalue weighted by molar-refractivity contribution is 7.99. The Bertz CT molecular complexity index is 584. The largest absolute Gasteiger partial charge is 0.452 e. The van der Waals surface area contributed by atoms with E-state index in [1.807, 2.05) is 37.8 Å². The number of ether oxygens (including phenoxy) is 2. The Labute approximate surface area is 123 Å². The number of thioether (sulfide) groups is 1. The summed E-state index contributed by atoms with van der Waals surface area (Å²) in [4.78, 5) is 5.28. The summed E-state index contributed by atoms with van der Waals surface area (Å²) in [7, 11) is 3.61. The van der Waals surface area contributed by atoms with Crippen molar-refractivity contribution in [1.29, 1.82) is 0 Å². The minimum Gasteiger partial charge on any atom is -0.452 e. The summed E-state index contributed by atoms with van der Waals surface area (Å²) in [6.07, 6.45) is 3.54. The predicted molar refractivity (Wildman–Crippen MR) is 79.6 cm³/mol. The Balaban J connectivity index is 2.11. The normalized spacial score (nSPS) is 10.8. The van der Waals surface area contributed by atoms with Crippen LogP contribution in [-0.4, -0.2) is 34.2 Å². The van der Waals surface area contributed by atoms with Crippen LogP contribution in [0.2, 0.25) is 0 Å². The van der Waals surface area contributed by atoms with Gasteiger partial charge in [-0.2, -0.15) is 5.10 Å². The zero-order valence-corrected chi connectivity index (χ0v) is 13.0. The Morgan fingerprint density at radius 3 is 2.75 bits per heavy atom. The smallest absolute Gasteiger partial charge is 0.171 e. The lowest BCUT2D eigenvalue weighted by Gasteiger charge is -2.07. The van der Waals surface area contributed by atoms with E-state index in [-0.39, 0.29) is 0 Å². The Morgan fingerprint density at radius 1 is 1.30 bits per heavy atom. The van der Waals surface area contributed by atoms with Crippen molar-refractivity contribution in [1.82, 2.24) is 14.8 Å². The molecule has 0 radical (unpaired) electrons. The van der Waals surface area contributed by atoms with Crippen molar-refractivity contribution in [2.24, 2.45) is 7.05 Å². The van der Waals surface area contributed by atoms with Gasteiger partial charge < -0.3 is 9.47 Å². The van der Waals surface area contributed by atoms with E-state index in [2.05, 4.69) is 10.1 Å². The average Bonchev–Trinajstić information content (AvgIpc) is 2.66. The fraction of sp³-hybridized carbons (Fsp3) is 0.429. The van der Waals surface area contributed by atoms with Gasteiger partial charge in [0.15, 0.2) is 5.75 Å². The van der Waals surface area contributed by atoms with Crippen LogP contribution in [0, 0.1) is 13.8 Å². The van der Waals surface area contributed by atoms with Crippen molar-refractivity contribution in [2.45, 2.75) is 18.7 Å². The highest BCUT2D eigenvalue weighted by Crippen LogP contribution is 2.29. The second-order valence-corrected chi connectivity index (χ2v) is 5.59. The fourth-order valence-corrected chi connectivity index (χ4v) is 2.62. The van der Waals surface area contributed by atoms with Gasteiger partial charge in [-0.15, -0.1) is 11.8 Å². The first-order valence-corrected chi connectivity index (χ1v) is 7.35. The zero-order chi connectivity index (χ0) is 14.5. The Hall–Kier alpha value is -1.53. The monoisotopic (exact) mass is 293 g/mol. The second-order valence-electron chi connectivity index (χ2n) is 4.42. The lowest BCUT2D eigenvalue weighted by atomic mass is 10.3. The van der Waals surface area contributed by atoms with Gasteiger partial charge in [-0.3, -0.25) is 9.67 Å². The first-order valence-electron chi connectivity index (χ1n) is 6.36. The molecule has 0 saturated heterocycles. The van der Waals surface area contributed by atoms with Crippen LogP contribution in [0.1, 0.15) is 11.4 Å². The van der Waals surface area contributed by atoms with Crippen LogP contribution in [0.4, 0.5) is 0 Å². The van der Waals surface area contributed by atoms with E-state index in [9.17, 15) is 0 Å². The molecule has 0 aliphatic rings. The van der Waals surface area contributed by atoms with Crippen molar-refractivity contribution in [3.63, 3.8) is 0 Å². The van der Waals surface area contributed by atoms with Crippen molar-refractivity contribution in [3.8, 4) is 11.5 Å². The molecule has 0 saturated carbocycles. The third-order valence-corrected chi connectivity index (χ3v) is 3.83. The summed E-state index contributed by atoms with van der Waals surface area (Å²) < 4.78 is 12.8. The van der Waals surface area contributed by atoms with E-state index in [4.69, 9.17) is 9.47 Å². The SMILES string of the molecule is COCCSc1cncc(Oc2c(C)nn(C)c2C)c1. The lowest BCUT2D eigenvalue weighted by molar-refractivity contribution is 0.218. The molecule has 2 heterocycles. The van der Waals surface area contributed by atoms with Crippen LogP contribution >= 0.6 is 11.8 Å². The molecule has 0 aliphatic carbocycles. The lowest BCUT2D eigenvalue weighted by Crippen LogP contribution is -1.94. The van der Waals surface area contributed by atoms with E-state index >= 15 is 0 Å². The van der Waals surface area contributed by atoms with E-state index in [0.29, 0.717) is 0 Å². The summed E-state index contributed by atoms with van der Waals surface area (Å²) in [5.41, 5.74) is 1.88. The van der Waals surface area contributed by atoms with Crippen molar-refractivity contribution in [3.05, 3.63) is 29.8 Å². The second kappa shape index (κ2) is 6.76. The van der Waals surface area contributed by atoms with Gasteiger partial charge in [0.05, 0.1) is 18.5 Å². The average molecular weight is 293 g/mol. The van der Waals surface area contributed by atoms with Crippen molar-refractivity contribution in [2.75, 3.05) is 19.5 Å². The maximum atomic E-state index is 5.92. The van der Waals surface area contributed by atoms with Crippen LogP contribution in [-0.2, 0) is 11.8 Å². The first-order chi connectivity index (χ1) is 9.61. The number of aryl methyl sites for hydroxylation is 2. The number of hydrogen-bond acceptors (Lipinski definition) is 5. The molecular formula is C14H19N3O2S. The summed E-state index contributed by atoms with van der Waals surface area (Å²) in [6.45, 7) is 4.64. The third-order valence-electron chi connectivity index (χ3n) is 2.91. The van der Waals surface area contributed by atoms with Gasteiger partial charge in [0.1, 0.15) is 11.4 Å². The van der Waals surface area contributed by atoms with E-state index < -0.39 is 0 Å². The van der Waals surface area contributed by atoms with Crippen molar-refractivity contribution < 1.29 is 9.47 Å². The molecule has 0 bridgehead atoms.